The Morgan fingerprint density at radius 3 is 2.79 bits per heavy atom. The Kier molecular flexibility index (Phi) is 4.51. The average molecular weight is 260 g/mol. The summed E-state index contributed by atoms with van der Waals surface area (Å²) in [5.74, 6) is 0. The molecular formula is C17H28N2. The lowest BCUT2D eigenvalue weighted by Gasteiger charge is -2.36. The zero-order chi connectivity index (χ0) is 13.9. The van der Waals surface area contributed by atoms with Crippen molar-refractivity contribution in [1.29, 1.82) is 0 Å². The van der Waals surface area contributed by atoms with Gasteiger partial charge in [-0.15, -0.1) is 0 Å². The molecule has 0 saturated carbocycles. The molecular weight excluding hydrogens is 232 g/mol. The molecule has 2 heteroatoms. The molecule has 0 spiro atoms. The molecule has 1 N–H and O–H groups in total. The minimum absolute atomic E-state index is 0.258. The van der Waals surface area contributed by atoms with E-state index in [2.05, 4.69) is 56.1 Å². The van der Waals surface area contributed by atoms with Crippen LogP contribution in [0.4, 0.5) is 5.69 Å². The molecule has 1 fully saturated rings. The molecule has 1 heterocycles. The van der Waals surface area contributed by atoms with Crippen LogP contribution >= 0.6 is 0 Å². The van der Waals surface area contributed by atoms with Crippen molar-refractivity contribution in [1.82, 2.24) is 5.32 Å². The normalized spacial score (nSPS) is 19.9. The van der Waals surface area contributed by atoms with Gasteiger partial charge in [-0.3, -0.25) is 0 Å². The summed E-state index contributed by atoms with van der Waals surface area (Å²) in [6, 6.07) is 6.72. The maximum Gasteiger partial charge on any atom is 0.0428 e. The molecule has 0 aromatic heterocycles. The van der Waals surface area contributed by atoms with Crippen LogP contribution in [0.25, 0.3) is 0 Å². The molecule has 0 atom stereocenters. The molecule has 106 valence electrons. The number of hydrogen-bond acceptors (Lipinski definition) is 2. The summed E-state index contributed by atoms with van der Waals surface area (Å²) in [5.41, 5.74) is 4.66. The maximum absolute atomic E-state index is 3.65. The second-order valence-corrected chi connectivity index (χ2v) is 6.34. The van der Waals surface area contributed by atoms with E-state index in [-0.39, 0.29) is 5.54 Å². The van der Waals surface area contributed by atoms with Crippen LogP contribution < -0.4 is 10.2 Å². The van der Waals surface area contributed by atoms with E-state index in [9.17, 15) is 0 Å². The van der Waals surface area contributed by atoms with Crippen LogP contribution in [0.3, 0.4) is 0 Å². The van der Waals surface area contributed by atoms with Gasteiger partial charge in [0.1, 0.15) is 0 Å². The third-order valence-corrected chi connectivity index (χ3v) is 4.23. The number of hydrogen-bond donors (Lipinski definition) is 1. The van der Waals surface area contributed by atoms with Gasteiger partial charge in [0.15, 0.2) is 0 Å². The Morgan fingerprint density at radius 2 is 2.05 bits per heavy atom. The van der Waals surface area contributed by atoms with Gasteiger partial charge >= 0.3 is 0 Å². The van der Waals surface area contributed by atoms with E-state index in [1.807, 2.05) is 0 Å². The van der Waals surface area contributed by atoms with Crippen molar-refractivity contribution in [2.45, 2.75) is 52.5 Å². The van der Waals surface area contributed by atoms with Gasteiger partial charge in [-0.25, -0.2) is 0 Å². The Labute approximate surface area is 118 Å². The minimum atomic E-state index is 0.258. The number of nitrogens with zero attached hydrogens (tertiary/aromatic N) is 1. The first-order valence-corrected chi connectivity index (χ1v) is 7.62. The van der Waals surface area contributed by atoms with Crippen molar-refractivity contribution in [3.8, 4) is 0 Å². The molecule has 1 aromatic rings. The molecule has 0 aliphatic carbocycles. The van der Waals surface area contributed by atoms with Gasteiger partial charge < -0.3 is 10.2 Å². The summed E-state index contributed by atoms with van der Waals surface area (Å²) in [4.78, 5) is 2.61. The van der Waals surface area contributed by atoms with Crippen LogP contribution in [0.2, 0.25) is 0 Å². The molecule has 1 aliphatic heterocycles. The third-order valence-electron chi connectivity index (χ3n) is 4.23. The van der Waals surface area contributed by atoms with Crippen LogP contribution in [0.5, 0.6) is 0 Å². The van der Waals surface area contributed by atoms with Crippen molar-refractivity contribution in [2.24, 2.45) is 0 Å². The summed E-state index contributed by atoms with van der Waals surface area (Å²) in [6.07, 6.45) is 3.54. The largest absolute Gasteiger partial charge is 0.371 e. The number of rotatable bonds is 2. The quantitative estimate of drug-likeness (QED) is 0.875. The van der Waals surface area contributed by atoms with E-state index in [1.165, 1.54) is 36.2 Å². The van der Waals surface area contributed by atoms with E-state index >= 15 is 0 Å². The maximum atomic E-state index is 3.65. The topological polar surface area (TPSA) is 15.3 Å². The number of para-hydroxylation sites is 1. The standard InChI is InChI=1S/C17H28N2/c1-5-15-9-6-8-14(2)16(15)19-12-7-11-18-17(3,4)10-13-19/h6,8-9,18H,5,7,10-13H2,1-4H3. The lowest BCUT2D eigenvalue weighted by Crippen LogP contribution is -2.46. The number of anilines is 1. The first-order valence-electron chi connectivity index (χ1n) is 7.62. The molecule has 2 nitrogen and oxygen atoms in total. The number of nitrogens with one attached hydrogen (secondary N) is 1. The average Bonchev–Trinajstić information content (AvgIpc) is 2.36. The lowest BCUT2D eigenvalue weighted by molar-refractivity contribution is 0.346. The van der Waals surface area contributed by atoms with E-state index < -0.39 is 0 Å². The second-order valence-electron chi connectivity index (χ2n) is 6.34. The Morgan fingerprint density at radius 1 is 1.26 bits per heavy atom. The van der Waals surface area contributed by atoms with E-state index in [0.29, 0.717) is 0 Å². The van der Waals surface area contributed by atoms with Gasteiger partial charge in [-0.1, -0.05) is 25.1 Å². The summed E-state index contributed by atoms with van der Waals surface area (Å²) in [6.45, 7) is 12.6. The fourth-order valence-electron chi connectivity index (χ4n) is 2.99. The van der Waals surface area contributed by atoms with Gasteiger partial charge in [0.25, 0.3) is 0 Å². The van der Waals surface area contributed by atoms with Crippen LogP contribution in [-0.2, 0) is 6.42 Å². The fourth-order valence-corrected chi connectivity index (χ4v) is 2.99. The molecule has 19 heavy (non-hydrogen) atoms. The van der Waals surface area contributed by atoms with Gasteiger partial charge in [0.05, 0.1) is 0 Å². The smallest absolute Gasteiger partial charge is 0.0428 e. The van der Waals surface area contributed by atoms with Crippen LogP contribution in [-0.4, -0.2) is 25.2 Å². The molecule has 2 rings (SSSR count). The Balaban J connectivity index is 2.24. The molecule has 0 unspecified atom stereocenters. The summed E-state index contributed by atoms with van der Waals surface area (Å²) < 4.78 is 0. The monoisotopic (exact) mass is 260 g/mol. The molecule has 1 aliphatic rings. The van der Waals surface area contributed by atoms with Gasteiger partial charge in [0.2, 0.25) is 0 Å². The molecule has 0 bridgehead atoms. The van der Waals surface area contributed by atoms with Crippen molar-refractivity contribution in [3.05, 3.63) is 29.3 Å². The molecule has 1 aromatic carbocycles. The first-order chi connectivity index (χ1) is 9.03. The number of aryl methyl sites for hydroxylation is 2. The summed E-state index contributed by atoms with van der Waals surface area (Å²) in [7, 11) is 0. The van der Waals surface area contributed by atoms with E-state index in [4.69, 9.17) is 0 Å². The summed E-state index contributed by atoms with van der Waals surface area (Å²) in [5, 5.41) is 3.65. The van der Waals surface area contributed by atoms with Crippen molar-refractivity contribution < 1.29 is 0 Å². The highest BCUT2D eigenvalue weighted by atomic mass is 15.1. The highest BCUT2D eigenvalue weighted by molar-refractivity contribution is 5.59. The SMILES string of the molecule is CCc1cccc(C)c1N1CCCNC(C)(C)CC1. The number of benzene rings is 1. The van der Waals surface area contributed by atoms with E-state index in [0.717, 1.165) is 19.5 Å². The lowest BCUT2D eigenvalue weighted by atomic mass is 9.97. The van der Waals surface area contributed by atoms with Crippen LogP contribution in [0.1, 0.15) is 44.7 Å². The minimum Gasteiger partial charge on any atom is -0.371 e. The zero-order valence-corrected chi connectivity index (χ0v) is 12.9. The van der Waals surface area contributed by atoms with Crippen molar-refractivity contribution in [3.63, 3.8) is 0 Å². The fraction of sp³-hybridized carbons (Fsp3) is 0.647. The van der Waals surface area contributed by atoms with E-state index in [1.54, 1.807) is 0 Å². The molecule has 0 amide bonds. The third kappa shape index (κ3) is 3.50. The predicted octanol–water partition coefficient (Wildman–Crippen LogP) is 3.53. The van der Waals surface area contributed by atoms with Crippen molar-refractivity contribution in [2.75, 3.05) is 24.5 Å². The second kappa shape index (κ2) is 5.96. The highest BCUT2D eigenvalue weighted by Gasteiger charge is 2.22. The Bertz CT molecular complexity index is 423. The Hall–Kier alpha value is -1.02. The predicted molar refractivity (Wildman–Crippen MR) is 84.1 cm³/mol. The van der Waals surface area contributed by atoms with Gasteiger partial charge in [0, 0.05) is 24.3 Å². The van der Waals surface area contributed by atoms with Crippen LogP contribution in [0, 0.1) is 6.92 Å². The molecule has 0 radical (unpaired) electrons. The van der Waals surface area contributed by atoms with Crippen molar-refractivity contribution >= 4 is 5.69 Å². The van der Waals surface area contributed by atoms with Crippen LogP contribution in [0.15, 0.2) is 18.2 Å². The van der Waals surface area contributed by atoms with Gasteiger partial charge in [-0.05, 0) is 57.7 Å². The van der Waals surface area contributed by atoms with Gasteiger partial charge in [-0.2, -0.15) is 0 Å². The molecule has 1 saturated heterocycles. The first kappa shape index (κ1) is 14.4. The summed E-state index contributed by atoms with van der Waals surface area (Å²) >= 11 is 0. The highest BCUT2D eigenvalue weighted by Crippen LogP contribution is 2.27. The zero-order valence-electron chi connectivity index (χ0n) is 12.9.